The van der Waals surface area contributed by atoms with Crippen LogP contribution in [-0.2, 0) is 6.42 Å². The Balaban J connectivity index is 1.67. The van der Waals surface area contributed by atoms with Gasteiger partial charge in [0.2, 0.25) is 0 Å². The minimum atomic E-state index is -0.352. The maximum Gasteiger partial charge on any atom is 0.271 e. The Morgan fingerprint density at radius 2 is 1.48 bits per heavy atom. The Kier molecular flexibility index (Phi) is 6.13. The number of amides is 2. The monoisotopic (exact) mass is 362 g/mol. The van der Waals surface area contributed by atoms with Crippen molar-refractivity contribution in [1.82, 2.24) is 30.6 Å². The fourth-order valence-electron chi connectivity index (χ4n) is 2.47. The second-order valence-electron chi connectivity index (χ2n) is 5.75. The number of nitrogens with one attached hydrogen (secondary N) is 2. The average molecular weight is 362 g/mol. The fourth-order valence-corrected chi connectivity index (χ4v) is 2.47. The van der Waals surface area contributed by atoms with E-state index in [1.54, 1.807) is 0 Å². The van der Waals surface area contributed by atoms with Gasteiger partial charge in [0.05, 0.1) is 18.4 Å². The van der Waals surface area contributed by atoms with Crippen LogP contribution < -0.4 is 10.6 Å². The van der Waals surface area contributed by atoms with Gasteiger partial charge in [-0.3, -0.25) is 19.6 Å². The first kappa shape index (κ1) is 18.1. The molecule has 2 amide bonds. The molecule has 0 bridgehead atoms. The van der Waals surface area contributed by atoms with E-state index in [0.29, 0.717) is 6.42 Å². The van der Waals surface area contributed by atoms with Gasteiger partial charge in [-0.25, -0.2) is 9.97 Å². The normalized spacial score (nSPS) is 11.4. The number of aromatic nitrogens is 4. The molecule has 0 saturated carbocycles. The second kappa shape index (κ2) is 9.14. The van der Waals surface area contributed by atoms with E-state index in [1.807, 2.05) is 30.3 Å². The zero-order valence-electron chi connectivity index (χ0n) is 14.4. The molecule has 2 heterocycles. The minimum Gasteiger partial charge on any atom is -0.349 e. The molecule has 136 valence electrons. The van der Waals surface area contributed by atoms with Gasteiger partial charge in [-0.05, 0) is 12.0 Å². The number of benzene rings is 1. The van der Waals surface area contributed by atoms with Gasteiger partial charge in [-0.1, -0.05) is 30.3 Å². The predicted molar refractivity (Wildman–Crippen MR) is 97.8 cm³/mol. The molecule has 1 aromatic carbocycles. The highest BCUT2D eigenvalue weighted by atomic mass is 16.2. The average Bonchev–Trinajstić information content (AvgIpc) is 2.73. The molecule has 0 aliphatic heterocycles. The van der Waals surface area contributed by atoms with Gasteiger partial charge < -0.3 is 10.6 Å². The molecule has 0 aliphatic carbocycles. The first-order valence-electron chi connectivity index (χ1n) is 8.37. The summed E-state index contributed by atoms with van der Waals surface area (Å²) in [6.07, 6.45) is 9.24. The van der Waals surface area contributed by atoms with Crippen LogP contribution in [0.5, 0.6) is 0 Å². The van der Waals surface area contributed by atoms with E-state index in [4.69, 9.17) is 0 Å². The lowest BCUT2D eigenvalue weighted by Gasteiger charge is -2.19. The molecule has 3 rings (SSSR count). The number of nitrogens with zero attached hydrogens (tertiary/aromatic N) is 4. The number of carbonyl (C=O) groups excluding carboxylic acids is 2. The van der Waals surface area contributed by atoms with Crippen LogP contribution in [0.2, 0.25) is 0 Å². The minimum absolute atomic E-state index is 0.218. The molecule has 0 saturated heterocycles. The van der Waals surface area contributed by atoms with Crippen molar-refractivity contribution < 1.29 is 9.59 Å². The first-order valence-corrected chi connectivity index (χ1v) is 8.37. The topological polar surface area (TPSA) is 110 Å². The SMILES string of the molecule is O=C(NC[C@@H](Cc1ccccc1)NC(=O)c1cnccn1)c1cnccn1. The molecule has 27 heavy (non-hydrogen) atoms. The fraction of sp³-hybridized carbons (Fsp3) is 0.158. The van der Waals surface area contributed by atoms with Gasteiger partial charge in [-0.15, -0.1) is 0 Å². The summed E-state index contributed by atoms with van der Waals surface area (Å²) in [4.78, 5) is 40.4. The van der Waals surface area contributed by atoms with Gasteiger partial charge >= 0.3 is 0 Å². The van der Waals surface area contributed by atoms with Crippen molar-refractivity contribution in [2.24, 2.45) is 0 Å². The van der Waals surface area contributed by atoms with Crippen molar-refractivity contribution in [3.8, 4) is 0 Å². The van der Waals surface area contributed by atoms with Crippen molar-refractivity contribution in [1.29, 1.82) is 0 Å². The Hall–Kier alpha value is -3.68. The third kappa shape index (κ3) is 5.40. The molecule has 0 fully saturated rings. The lowest BCUT2D eigenvalue weighted by atomic mass is 10.1. The lowest BCUT2D eigenvalue weighted by Crippen LogP contribution is -2.45. The molecular formula is C19H18N6O2. The first-order chi connectivity index (χ1) is 13.2. The van der Waals surface area contributed by atoms with E-state index in [-0.39, 0.29) is 35.8 Å². The molecular weight excluding hydrogens is 344 g/mol. The standard InChI is InChI=1S/C19H18N6O2/c26-18(16-12-20-6-8-22-16)24-11-15(10-14-4-2-1-3-5-14)25-19(27)17-13-21-7-9-23-17/h1-9,12-13,15H,10-11H2,(H,24,26)(H,25,27)/t15-/m1/s1. The molecule has 8 nitrogen and oxygen atoms in total. The number of carbonyl (C=O) groups is 2. The molecule has 0 radical (unpaired) electrons. The summed E-state index contributed by atoms with van der Waals surface area (Å²) >= 11 is 0. The summed E-state index contributed by atoms with van der Waals surface area (Å²) in [5, 5.41) is 5.68. The third-order valence-corrected chi connectivity index (χ3v) is 3.76. The van der Waals surface area contributed by atoms with Crippen LogP contribution in [0.1, 0.15) is 26.5 Å². The van der Waals surface area contributed by atoms with E-state index in [2.05, 4.69) is 30.6 Å². The van der Waals surface area contributed by atoms with Crippen LogP contribution in [0, 0.1) is 0 Å². The highest BCUT2D eigenvalue weighted by Crippen LogP contribution is 2.04. The lowest BCUT2D eigenvalue weighted by molar-refractivity contribution is 0.0903. The Labute approximate surface area is 156 Å². The van der Waals surface area contributed by atoms with Gasteiger partial charge in [0.15, 0.2) is 0 Å². The van der Waals surface area contributed by atoms with E-state index >= 15 is 0 Å². The number of hydrogen-bond acceptors (Lipinski definition) is 6. The van der Waals surface area contributed by atoms with Crippen LogP contribution >= 0.6 is 0 Å². The van der Waals surface area contributed by atoms with Crippen LogP contribution in [0.15, 0.2) is 67.5 Å². The maximum absolute atomic E-state index is 12.4. The zero-order valence-corrected chi connectivity index (χ0v) is 14.4. The molecule has 2 aromatic heterocycles. The molecule has 2 N–H and O–H groups in total. The van der Waals surface area contributed by atoms with E-state index in [0.717, 1.165) is 5.56 Å². The highest BCUT2D eigenvalue weighted by molar-refractivity contribution is 5.93. The number of hydrogen-bond donors (Lipinski definition) is 2. The summed E-state index contributed by atoms with van der Waals surface area (Å²) in [5.41, 5.74) is 1.47. The summed E-state index contributed by atoms with van der Waals surface area (Å²) in [6, 6.07) is 9.37. The van der Waals surface area contributed by atoms with Crippen molar-refractivity contribution in [2.45, 2.75) is 12.5 Å². The molecule has 1 atom stereocenters. The molecule has 0 spiro atoms. The molecule has 0 unspecified atom stereocenters. The Morgan fingerprint density at radius 1 is 0.852 bits per heavy atom. The van der Waals surface area contributed by atoms with Gasteiger partial charge in [0.25, 0.3) is 11.8 Å². The summed E-state index contributed by atoms with van der Waals surface area (Å²) < 4.78 is 0. The van der Waals surface area contributed by atoms with Crippen molar-refractivity contribution >= 4 is 11.8 Å². The molecule has 3 aromatic rings. The van der Waals surface area contributed by atoms with Crippen LogP contribution in [0.3, 0.4) is 0 Å². The Morgan fingerprint density at radius 3 is 2.07 bits per heavy atom. The molecule has 8 heteroatoms. The quantitative estimate of drug-likeness (QED) is 0.650. The van der Waals surface area contributed by atoms with Gasteiger partial charge in [0.1, 0.15) is 11.4 Å². The van der Waals surface area contributed by atoms with E-state index in [9.17, 15) is 9.59 Å². The zero-order chi connectivity index (χ0) is 18.9. The van der Waals surface area contributed by atoms with E-state index < -0.39 is 0 Å². The van der Waals surface area contributed by atoms with Crippen LogP contribution in [0.4, 0.5) is 0 Å². The van der Waals surface area contributed by atoms with Crippen LogP contribution in [-0.4, -0.2) is 44.3 Å². The summed E-state index contributed by atoms with van der Waals surface area (Å²) in [7, 11) is 0. The second-order valence-corrected chi connectivity index (χ2v) is 5.75. The molecule has 0 aliphatic rings. The van der Waals surface area contributed by atoms with Crippen molar-refractivity contribution in [3.63, 3.8) is 0 Å². The maximum atomic E-state index is 12.4. The smallest absolute Gasteiger partial charge is 0.271 e. The summed E-state index contributed by atoms with van der Waals surface area (Å²) in [6.45, 7) is 0.232. The van der Waals surface area contributed by atoms with Crippen LogP contribution in [0.25, 0.3) is 0 Å². The van der Waals surface area contributed by atoms with E-state index in [1.165, 1.54) is 37.2 Å². The highest BCUT2D eigenvalue weighted by Gasteiger charge is 2.17. The largest absolute Gasteiger partial charge is 0.349 e. The van der Waals surface area contributed by atoms with Gasteiger partial charge in [-0.2, -0.15) is 0 Å². The number of rotatable bonds is 7. The Bertz CT molecular complexity index is 874. The van der Waals surface area contributed by atoms with Crippen molar-refractivity contribution in [3.05, 3.63) is 84.5 Å². The van der Waals surface area contributed by atoms with Gasteiger partial charge in [0, 0.05) is 31.3 Å². The third-order valence-electron chi connectivity index (χ3n) is 3.76. The van der Waals surface area contributed by atoms with Crippen molar-refractivity contribution in [2.75, 3.05) is 6.54 Å². The summed E-state index contributed by atoms with van der Waals surface area (Å²) in [5.74, 6) is -0.701. The predicted octanol–water partition coefficient (Wildman–Crippen LogP) is 1.04.